The van der Waals surface area contributed by atoms with Crippen LogP contribution < -0.4 is 5.32 Å². The maximum Gasteiger partial charge on any atom is 0.240 e. The van der Waals surface area contributed by atoms with E-state index in [0.29, 0.717) is 19.4 Å². The van der Waals surface area contributed by atoms with Gasteiger partial charge >= 0.3 is 0 Å². The molecule has 19 heavy (non-hydrogen) atoms. The van der Waals surface area contributed by atoms with Crippen LogP contribution in [0.25, 0.3) is 0 Å². The number of carbonyl (C=O) groups excluding carboxylic acids is 1. The highest BCUT2D eigenvalue weighted by Crippen LogP contribution is 2.35. The fraction of sp³-hybridized carbons (Fsp3) is 0.867. The second-order valence-electron chi connectivity index (χ2n) is 5.64. The highest BCUT2D eigenvalue weighted by Gasteiger charge is 2.39. The number of rotatable bonds is 7. The SMILES string of the molecule is CC(C)OCCCCNC(=O)C1(C#N)CCCCC1. The minimum atomic E-state index is -0.757. The van der Waals surface area contributed by atoms with E-state index in [2.05, 4.69) is 11.4 Å². The molecule has 0 radical (unpaired) electrons. The molecule has 1 aliphatic rings. The number of amides is 1. The van der Waals surface area contributed by atoms with Crippen LogP contribution in [0.5, 0.6) is 0 Å². The topological polar surface area (TPSA) is 62.1 Å². The molecule has 1 N–H and O–H groups in total. The van der Waals surface area contributed by atoms with Crippen molar-refractivity contribution in [3.05, 3.63) is 0 Å². The lowest BCUT2D eigenvalue weighted by molar-refractivity contribution is -0.129. The molecule has 0 aromatic rings. The highest BCUT2D eigenvalue weighted by atomic mass is 16.5. The number of nitrogens with one attached hydrogen (secondary N) is 1. The molecule has 0 atom stereocenters. The van der Waals surface area contributed by atoms with Gasteiger partial charge in [-0.3, -0.25) is 4.79 Å². The van der Waals surface area contributed by atoms with Gasteiger partial charge in [0.1, 0.15) is 5.41 Å². The van der Waals surface area contributed by atoms with E-state index in [1.807, 2.05) is 13.8 Å². The Hall–Kier alpha value is -1.08. The van der Waals surface area contributed by atoms with Gasteiger partial charge in [0.2, 0.25) is 5.91 Å². The number of hydrogen-bond acceptors (Lipinski definition) is 3. The Morgan fingerprint density at radius 2 is 2.00 bits per heavy atom. The highest BCUT2D eigenvalue weighted by molar-refractivity contribution is 5.85. The summed E-state index contributed by atoms with van der Waals surface area (Å²) >= 11 is 0. The maximum absolute atomic E-state index is 12.1. The van der Waals surface area contributed by atoms with Crippen LogP contribution in [0.4, 0.5) is 0 Å². The standard InChI is InChI=1S/C15H26N2O2/c1-13(2)19-11-7-6-10-17-14(18)15(12-16)8-4-3-5-9-15/h13H,3-11H2,1-2H3,(H,17,18). The average molecular weight is 266 g/mol. The molecule has 0 spiro atoms. The number of hydrogen-bond donors (Lipinski definition) is 1. The van der Waals surface area contributed by atoms with Crippen molar-refractivity contribution in [1.82, 2.24) is 5.32 Å². The van der Waals surface area contributed by atoms with E-state index >= 15 is 0 Å². The van der Waals surface area contributed by atoms with E-state index in [1.54, 1.807) is 0 Å². The van der Waals surface area contributed by atoms with Gasteiger partial charge in [0.05, 0.1) is 12.2 Å². The summed E-state index contributed by atoms with van der Waals surface area (Å²) in [5.41, 5.74) is -0.757. The van der Waals surface area contributed by atoms with Crippen LogP contribution in [0, 0.1) is 16.7 Å². The molecule has 1 aliphatic carbocycles. The van der Waals surface area contributed by atoms with E-state index < -0.39 is 5.41 Å². The Kier molecular flexibility index (Phi) is 6.86. The van der Waals surface area contributed by atoms with Crippen LogP contribution in [-0.2, 0) is 9.53 Å². The zero-order valence-corrected chi connectivity index (χ0v) is 12.2. The van der Waals surface area contributed by atoms with Crippen LogP contribution in [0.1, 0.15) is 58.8 Å². The molecular formula is C15H26N2O2. The molecule has 1 fully saturated rings. The normalized spacial score (nSPS) is 18.0. The third-order valence-corrected chi connectivity index (χ3v) is 3.66. The smallest absolute Gasteiger partial charge is 0.240 e. The molecule has 1 amide bonds. The molecule has 0 unspecified atom stereocenters. The van der Waals surface area contributed by atoms with Crippen molar-refractivity contribution < 1.29 is 9.53 Å². The van der Waals surface area contributed by atoms with Gasteiger partial charge in [-0.05, 0) is 39.5 Å². The molecule has 0 aromatic heterocycles. The maximum atomic E-state index is 12.1. The van der Waals surface area contributed by atoms with Crippen molar-refractivity contribution in [3.63, 3.8) is 0 Å². The van der Waals surface area contributed by atoms with Crippen LogP contribution in [0.15, 0.2) is 0 Å². The lowest BCUT2D eigenvalue weighted by Crippen LogP contribution is -2.41. The molecule has 0 heterocycles. The molecular weight excluding hydrogens is 240 g/mol. The van der Waals surface area contributed by atoms with Crippen LogP contribution in [-0.4, -0.2) is 25.2 Å². The van der Waals surface area contributed by atoms with Crippen molar-refractivity contribution in [2.45, 2.75) is 64.9 Å². The lowest BCUT2D eigenvalue weighted by atomic mass is 9.74. The first-order valence-electron chi connectivity index (χ1n) is 7.42. The lowest BCUT2D eigenvalue weighted by Gasteiger charge is -2.29. The first kappa shape index (κ1) is 16.0. The first-order valence-corrected chi connectivity index (χ1v) is 7.42. The molecule has 0 saturated heterocycles. The Morgan fingerprint density at radius 1 is 1.32 bits per heavy atom. The summed E-state index contributed by atoms with van der Waals surface area (Å²) < 4.78 is 5.44. The third-order valence-electron chi connectivity index (χ3n) is 3.66. The van der Waals surface area contributed by atoms with Gasteiger partial charge in [-0.1, -0.05) is 19.3 Å². The Morgan fingerprint density at radius 3 is 2.58 bits per heavy atom. The Labute approximate surface area is 116 Å². The zero-order valence-electron chi connectivity index (χ0n) is 12.2. The number of nitrogens with zero attached hydrogens (tertiary/aromatic N) is 1. The van der Waals surface area contributed by atoms with Crippen molar-refractivity contribution in [3.8, 4) is 6.07 Å². The van der Waals surface area contributed by atoms with E-state index in [1.165, 1.54) is 0 Å². The average Bonchev–Trinajstić information content (AvgIpc) is 2.42. The number of ether oxygens (including phenoxy) is 1. The van der Waals surface area contributed by atoms with Crippen LogP contribution in [0.2, 0.25) is 0 Å². The van der Waals surface area contributed by atoms with Crippen molar-refractivity contribution in [1.29, 1.82) is 5.26 Å². The summed E-state index contributed by atoms with van der Waals surface area (Å²) in [6.45, 7) is 5.41. The third kappa shape index (κ3) is 5.20. The fourth-order valence-electron chi connectivity index (χ4n) is 2.46. The summed E-state index contributed by atoms with van der Waals surface area (Å²) in [7, 11) is 0. The van der Waals surface area contributed by atoms with Crippen LogP contribution >= 0.6 is 0 Å². The van der Waals surface area contributed by atoms with E-state index in [-0.39, 0.29) is 12.0 Å². The summed E-state index contributed by atoms with van der Waals surface area (Å²) in [6, 6.07) is 2.25. The molecule has 0 aliphatic heterocycles. The fourth-order valence-corrected chi connectivity index (χ4v) is 2.46. The Balaban J connectivity index is 2.21. The van der Waals surface area contributed by atoms with Gasteiger partial charge in [-0.15, -0.1) is 0 Å². The number of nitriles is 1. The van der Waals surface area contributed by atoms with Gasteiger partial charge in [0.25, 0.3) is 0 Å². The molecule has 108 valence electrons. The van der Waals surface area contributed by atoms with Crippen molar-refractivity contribution in [2.24, 2.45) is 5.41 Å². The quantitative estimate of drug-likeness (QED) is 0.721. The largest absolute Gasteiger partial charge is 0.379 e. The van der Waals surface area contributed by atoms with Gasteiger partial charge in [0, 0.05) is 13.2 Å². The molecule has 1 rings (SSSR count). The predicted molar refractivity (Wildman–Crippen MR) is 74.5 cm³/mol. The summed E-state index contributed by atoms with van der Waals surface area (Å²) in [5, 5.41) is 12.2. The van der Waals surface area contributed by atoms with E-state index in [9.17, 15) is 10.1 Å². The molecule has 4 nitrogen and oxygen atoms in total. The minimum Gasteiger partial charge on any atom is -0.379 e. The summed E-state index contributed by atoms with van der Waals surface area (Å²) in [6.07, 6.45) is 6.66. The monoisotopic (exact) mass is 266 g/mol. The van der Waals surface area contributed by atoms with Gasteiger partial charge in [-0.25, -0.2) is 0 Å². The minimum absolute atomic E-state index is 0.0699. The molecule has 4 heteroatoms. The molecule has 0 aromatic carbocycles. The van der Waals surface area contributed by atoms with E-state index in [0.717, 1.165) is 38.7 Å². The second kappa shape index (κ2) is 8.16. The molecule has 1 saturated carbocycles. The summed E-state index contributed by atoms with van der Waals surface area (Å²) in [4.78, 5) is 12.1. The number of unbranched alkanes of at least 4 members (excludes halogenated alkanes) is 1. The van der Waals surface area contributed by atoms with Crippen molar-refractivity contribution in [2.75, 3.05) is 13.2 Å². The predicted octanol–water partition coefficient (Wildman–Crippen LogP) is 2.78. The van der Waals surface area contributed by atoms with Gasteiger partial charge in [-0.2, -0.15) is 5.26 Å². The van der Waals surface area contributed by atoms with Crippen LogP contribution in [0.3, 0.4) is 0 Å². The second-order valence-corrected chi connectivity index (χ2v) is 5.64. The summed E-state index contributed by atoms with van der Waals surface area (Å²) in [5.74, 6) is -0.0699. The zero-order chi connectivity index (χ0) is 14.1. The number of carbonyl (C=O) groups is 1. The van der Waals surface area contributed by atoms with Gasteiger partial charge in [0.15, 0.2) is 0 Å². The van der Waals surface area contributed by atoms with Crippen molar-refractivity contribution >= 4 is 5.91 Å². The first-order chi connectivity index (χ1) is 9.10. The Bertz CT molecular complexity index is 315. The van der Waals surface area contributed by atoms with Gasteiger partial charge < -0.3 is 10.1 Å². The molecule has 0 bridgehead atoms. The van der Waals surface area contributed by atoms with E-state index in [4.69, 9.17) is 4.74 Å².